The quantitative estimate of drug-likeness (QED) is 0.699. The summed E-state index contributed by atoms with van der Waals surface area (Å²) in [5.41, 5.74) is 1.44. The summed E-state index contributed by atoms with van der Waals surface area (Å²) >= 11 is 0. The van der Waals surface area contributed by atoms with Crippen LogP contribution in [0.1, 0.15) is 38.2 Å². The topological polar surface area (TPSA) is 36.0 Å². The van der Waals surface area contributed by atoms with Gasteiger partial charge in [-0.1, -0.05) is 36.8 Å². The molecule has 1 aromatic rings. The van der Waals surface area contributed by atoms with Crippen molar-refractivity contribution in [3.63, 3.8) is 0 Å². The van der Waals surface area contributed by atoms with Crippen LogP contribution in [-0.2, 0) is 16.0 Å². The number of carbonyl (C=O) groups excluding carboxylic acids is 1. The number of esters is 1. The number of hydrogen-bond donors (Lipinski definition) is 0. The fourth-order valence-electron chi connectivity index (χ4n) is 4.15. The molecule has 2 aliphatic rings. The Bertz CT molecular complexity index is 543. The second-order valence-electron chi connectivity index (χ2n) is 7.35. The Hall–Kier alpha value is -1.43. The lowest BCUT2D eigenvalue weighted by Crippen LogP contribution is -2.58. The third kappa shape index (κ3) is 5.53. The standard InChI is InChI=1S/C21H33N3O2/c1-2-26-21(25)11-13-22-14-16-23(17-15-22)24-12-7-6-10-20(24)18-19-8-4-3-5-9-19/h3-5,8-9,20H,2,6-7,10-18H2,1H3. The maximum absolute atomic E-state index is 11.5. The van der Waals surface area contributed by atoms with Gasteiger partial charge in [0.2, 0.25) is 0 Å². The third-order valence-electron chi connectivity index (χ3n) is 5.56. The highest BCUT2D eigenvalue weighted by Crippen LogP contribution is 2.23. The molecule has 0 bridgehead atoms. The summed E-state index contributed by atoms with van der Waals surface area (Å²) in [6, 6.07) is 11.5. The Labute approximate surface area is 157 Å². The fraction of sp³-hybridized carbons (Fsp3) is 0.667. The van der Waals surface area contributed by atoms with E-state index in [1.165, 1.54) is 31.4 Å². The zero-order valence-electron chi connectivity index (χ0n) is 16.1. The van der Waals surface area contributed by atoms with Crippen molar-refractivity contribution >= 4 is 5.97 Å². The van der Waals surface area contributed by atoms with Crippen LogP contribution in [-0.4, -0.2) is 72.8 Å². The molecule has 1 unspecified atom stereocenters. The van der Waals surface area contributed by atoms with Crippen LogP contribution in [0.15, 0.2) is 30.3 Å². The highest BCUT2D eigenvalue weighted by Gasteiger charge is 2.29. The van der Waals surface area contributed by atoms with Crippen LogP contribution in [0, 0.1) is 0 Å². The molecule has 0 radical (unpaired) electrons. The lowest BCUT2D eigenvalue weighted by Gasteiger charge is -2.46. The van der Waals surface area contributed by atoms with Gasteiger partial charge in [0.1, 0.15) is 0 Å². The van der Waals surface area contributed by atoms with Crippen LogP contribution in [0.3, 0.4) is 0 Å². The van der Waals surface area contributed by atoms with E-state index in [1.807, 2.05) is 6.92 Å². The van der Waals surface area contributed by atoms with Crippen LogP contribution < -0.4 is 0 Å². The average Bonchev–Trinajstić information content (AvgIpc) is 2.68. The van der Waals surface area contributed by atoms with E-state index in [0.717, 1.165) is 39.1 Å². The Balaban J connectivity index is 1.48. The van der Waals surface area contributed by atoms with Gasteiger partial charge in [-0.05, 0) is 31.7 Å². The molecule has 5 nitrogen and oxygen atoms in total. The summed E-state index contributed by atoms with van der Waals surface area (Å²) in [4.78, 5) is 13.9. The predicted molar refractivity (Wildman–Crippen MR) is 104 cm³/mol. The van der Waals surface area contributed by atoms with E-state index >= 15 is 0 Å². The number of benzene rings is 1. The summed E-state index contributed by atoms with van der Waals surface area (Å²) < 4.78 is 5.04. The first kappa shape index (κ1) is 19.3. The monoisotopic (exact) mass is 359 g/mol. The first-order chi connectivity index (χ1) is 12.8. The highest BCUT2D eigenvalue weighted by atomic mass is 16.5. The van der Waals surface area contributed by atoms with E-state index in [9.17, 15) is 4.79 Å². The Morgan fingerprint density at radius 1 is 1.08 bits per heavy atom. The molecule has 0 aliphatic carbocycles. The SMILES string of the molecule is CCOC(=O)CCN1CCN(N2CCCCC2Cc2ccccc2)CC1. The third-order valence-corrected chi connectivity index (χ3v) is 5.56. The summed E-state index contributed by atoms with van der Waals surface area (Å²) in [6.07, 6.45) is 5.58. The molecule has 1 aromatic carbocycles. The number of ether oxygens (including phenoxy) is 1. The van der Waals surface area contributed by atoms with Gasteiger partial charge in [0.15, 0.2) is 0 Å². The van der Waals surface area contributed by atoms with Gasteiger partial charge in [0, 0.05) is 45.3 Å². The van der Waals surface area contributed by atoms with Gasteiger partial charge >= 0.3 is 5.97 Å². The van der Waals surface area contributed by atoms with Crippen molar-refractivity contribution in [2.24, 2.45) is 0 Å². The van der Waals surface area contributed by atoms with Crippen molar-refractivity contribution in [3.8, 4) is 0 Å². The number of hydrazine groups is 1. The molecule has 0 amide bonds. The van der Waals surface area contributed by atoms with Crippen LogP contribution in [0.5, 0.6) is 0 Å². The summed E-state index contributed by atoms with van der Waals surface area (Å²) in [7, 11) is 0. The van der Waals surface area contributed by atoms with Crippen molar-refractivity contribution in [2.45, 2.75) is 45.1 Å². The van der Waals surface area contributed by atoms with Gasteiger partial charge < -0.3 is 9.64 Å². The van der Waals surface area contributed by atoms with Gasteiger partial charge in [0.25, 0.3) is 0 Å². The molecule has 2 saturated heterocycles. The highest BCUT2D eigenvalue weighted by molar-refractivity contribution is 5.69. The largest absolute Gasteiger partial charge is 0.466 e. The first-order valence-corrected chi connectivity index (χ1v) is 10.2. The second kappa shape index (κ2) is 10.0. The fourth-order valence-corrected chi connectivity index (χ4v) is 4.15. The number of carbonyl (C=O) groups is 1. The average molecular weight is 360 g/mol. The van der Waals surface area contributed by atoms with Gasteiger partial charge in [0.05, 0.1) is 13.0 Å². The minimum Gasteiger partial charge on any atom is -0.466 e. The normalized spacial score (nSPS) is 23.0. The van der Waals surface area contributed by atoms with E-state index in [4.69, 9.17) is 4.74 Å². The molecular formula is C21H33N3O2. The van der Waals surface area contributed by atoms with Crippen LogP contribution in [0.2, 0.25) is 0 Å². The van der Waals surface area contributed by atoms with E-state index < -0.39 is 0 Å². The molecule has 5 heteroatoms. The van der Waals surface area contributed by atoms with Gasteiger partial charge in [-0.3, -0.25) is 4.79 Å². The summed E-state index contributed by atoms with van der Waals surface area (Å²) in [5, 5.41) is 5.20. The van der Waals surface area contributed by atoms with Crippen molar-refractivity contribution in [3.05, 3.63) is 35.9 Å². The van der Waals surface area contributed by atoms with Gasteiger partial charge in [-0.15, -0.1) is 0 Å². The molecule has 0 saturated carbocycles. The van der Waals surface area contributed by atoms with Crippen molar-refractivity contribution < 1.29 is 9.53 Å². The summed E-state index contributed by atoms with van der Waals surface area (Å²) in [5.74, 6) is -0.0751. The number of nitrogens with zero attached hydrogens (tertiary/aromatic N) is 3. The maximum atomic E-state index is 11.5. The first-order valence-electron chi connectivity index (χ1n) is 10.2. The molecule has 144 valence electrons. The molecule has 2 fully saturated rings. The number of piperazine rings is 1. The molecule has 2 heterocycles. The van der Waals surface area contributed by atoms with E-state index in [1.54, 1.807) is 0 Å². The lowest BCUT2D eigenvalue weighted by molar-refractivity contribution is -0.144. The molecule has 1 atom stereocenters. The van der Waals surface area contributed by atoms with Crippen LogP contribution in [0.4, 0.5) is 0 Å². The molecule has 3 rings (SSSR count). The predicted octanol–water partition coefficient (Wildman–Crippen LogP) is 2.57. The zero-order chi connectivity index (χ0) is 18.2. The number of rotatable bonds is 7. The van der Waals surface area contributed by atoms with Crippen LogP contribution >= 0.6 is 0 Å². The van der Waals surface area contributed by atoms with Crippen molar-refractivity contribution in [1.82, 2.24) is 14.9 Å². The molecule has 0 N–H and O–H groups in total. The maximum Gasteiger partial charge on any atom is 0.307 e. The Kier molecular flexibility index (Phi) is 7.47. The smallest absolute Gasteiger partial charge is 0.307 e. The molecule has 2 aliphatic heterocycles. The minimum absolute atomic E-state index is 0.0751. The van der Waals surface area contributed by atoms with Gasteiger partial charge in [-0.25, -0.2) is 10.0 Å². The van der Waals surface area contributed by atoms with Crippen LogP contribution in [0.25, 0.3) is 0 Å². The van der Waals surface area contributed by atoms with E-state index in [2.05, 4.69) is 45.2 Å². The van der Waals surface area contributed by atoms with Crippen molar-refractivity contribution in [2.75, 3.05) is 45.9 Å². The molecular weight excluding hydrogens is 326 g/mol. The lowest BCUT2D eigenvalue weighted by atomic mass is 9.97. The van der Waals surface area contributed by atoms with E-state index in [0.29, 0.717) is 19.1 Å². The Morgan fingerprint density at radius 2 is 1.85 bits per heavy atom. The van der Waals surface area contributed by atoms with E-state index in [-0.39, 0.29) is 5.97 Å². The van der Waals surface area contributed by atoms with Crippen molar-refractivity contribution in [1.29, 1.82) is 0 Å². The van der Waals surface area contributed by atoms with Gasteiger partial charge in [-0.2, -0.15) is 0 Å². The second-order valence-corrected chi connectivity index (χ2v) is 7.35. The minimum atomic E-state index is -0.0751. The number of hydrogen-bond acceptors (Lipinski definition) is 5. The summed E-state index contributed by atoms with van der Waals surface area (Å²) in [6.45, 7) is 8.54. The molecule has 26 heavy (non-hydrogen) atoms. The molecule has 0 spiro atoms. The Morgan fingerprint density at radius 3 is 2.58 bits per heavy atom. The number of piperidine rings is 1. The molecule has 0 aromatic heterocycles. The zero-order valence-corrected chi connectivity index (χ0v) is 16.1.